The highest BCUT2D eigenvalue weighted by atomic mass is 35.5. The maximum absolute atomic E-state index is 12.3. The zero-order valence-electron chi connectivity index (χ0n) is 13.2. The number of pyridine rings is 2. The average molecular weight is 368 g/mol. The lowest BCUT2D eigenvalue weighted by atomic mass is 10.3. The number of nitrogens with one attached hydrogen (secondary N) is 1. The highest BCUT2D eigenvalue weighted by Gasteiger charge is 2.22. The molecule has 24 heavy (non-hydrogen) atoms. The van der Waals surface area contributed by atoms with E-state index >= 15 is 0 Å². The van der Waals surface area contributed by atoms with Crippen molar-refractivity contribution < 1.29 is 13.2 Å². The molecule has 0 saturated heterocycles. The van der Waals surface area contributed by atoms with Crippen molar-refractivity contribution >= 4 is 21.6 Å². The molecule has 0 atom stereocenters. The number of aromatic nitrogens is 2. The van der Waals surface area contributed by atoms with Gasteiger partial charge in [-0.05, 0) is 48.9 Å². The summed E-state index contributed by atoms with van der Waals surface area (Å²) in [6, 6.07) is 4.99. The van der Waals surface area contributed by atoms with Gasteiger partial charge in [-0.15, -0.1) is 0 Å². The van der Waals surface area contributed by atoms with Crippen LogP contribution >= 0.6 is 11.6 Å². The lowest BCUT2D eigenvalue weighted by Crippen LogP contribution is -2.23. The van der Waals surface area contributed by atoms with E-state index in [0.717, 1.165) is 5.56 Å². The number of aryl methyl sites for hydroxylation is 1. The summed E-state index contributed by atoms with van der Waals surface area (Å²) in [4.78, 5) is 8.10. The fourth-order valence-corrected chi connectivity index (χ4v) is 3.22. The molecule has 0 bridgehead atoms. The minimum atomic E-state index is -3.66. The van der Waals surface area contributed by atoms with Crippen LogP contribution in [0.5, 0.6) is 5.88 Å². The Labute approximate surface area is 146 Å². The van der Waals surface area contributed by atoms with Gasteiger partial charge in [0, 0.05) is 25.0 Å². The van der Waals surface area contributed by atoms with Crippen LogP contribution in [-0.2, 0) is 16.6 Å². The molecule has 2 aromatic rings. The number of rotatable bonds is 7. The van der Waals surface area contributed by atoms with Crippen LogP contribution in [0.25, 0.3) is 0 Å². The molecule has 6 nitrogen and oxygen atoms in total. The van der Waals surface area contributed by atoms with E-state index in [1.165, 1.54) is 25.1 Å². The Morgan fingerprint density at radius 2 is 2.12 bits per heavy atom. The third kappa shape index (κ3) is 4.43. The summed E-state index contributed by atoms with van der Waals surface area (Å²) in [5, 5.41) is 0.292. The average Bonchev–Trinajstić information content (AvgIpc) is 3.38. The molecule has 1 N–H and O–H groups in total. The van der Waals surface area contributed by atoms with Crippen LogP contribution < -0.4 is 9.46 Å². The predicted octanol–water partition coefficient (Wildman–Crippen LogP) is 2.71. The summed E-state index contributed by atoms with van der Waals surface area (Å²) in [5.41, 5.74) is 1.39. The minimum Gasteiger partial charge on any atom is -0.477 e. The van der Waals surface area contributed by atoms with Gasteiger partial charge in [0.15, 0.2) is 0 Å². The van der Waals surface area contributed by atoms with E-state index in [2.05, 4.69) is 14.7 Å². The Morgan fingerprint density at radius 1 is 1.33 bits per heavy atom. The molecule has 1 aliphatic carbocycles. The second-order valence-electron chi connectivity index (χ2n) is 5.86. The molecule has 0 unspecified atom stereocenters. The second kappa shape index (κ2) is 7.04. The normalized spacial score (nSPS) is 14.6. The Morgan fingerprint density at radius 3 is 2.83 bits per heavy atom. The summed E-state index contributed by atoms with van der Waals surface area (Å²) in [6.07, 6.45) is 5.26. The third-order valence-electron chi connectivity index (χ3n) is 3.73. The zero-order valence-corrected chi connectivity index (χ0v) is 14.8. The molecular formula is C16H18ClN3O3S. The summed E-state index contributed by atoms with van der Waals surface area (Å²) in [7, 11) is -3.66. The lowest BCUT2D eigenvalue weighted by molar-refractivity contribution is 0.288. The van der Waals surface area contributed by atoms with Crippen LogP contribution in [0.2, 0.25) is 5.15 Å². The Balaban J connectivity index is 1.65. The highest BCUT2D eigenvalue weighted by molar-refractivity contribution is 7.89. The first-order valence-electron chi connectivity index (χ1n) is 7.63. The molecule has 0 spiro atoms. The van der Waals surface area contributed by atoms with Crippen molar-refractivity contribution in [2.45, 2.75) is 31.2 Å². The fraction of sp³-hybridized carbons (Fsp3) is 0.375. The third-order valence-corrected chi connectivity index (χ3v) is 5.49. The molecule has 1 aliphatic rings. The molecule has 2 aromatic heterocycles. The second-order valence-corrected chi connectivity index (χ2v) is 7.98. The van der Waals surface area contributed by atoms with E-state index in [-0.39, 0.29) is 11.4 Å². The van der Waals surface area contributed by atoms with Crippen molar-refractivity contribution in [2.24, 2.45) is 5.92 Å². The smallest absolute Gasteiger partial charge is 0.242 e. The van der Waals surface area contributed by atoms with Gasteiger partial charge in [-0.3, -0.25) is 0 Å². The lowest BCUT2D eigenvalue weighted by Gasteiger charge is -2.09. The van der Waals surface area contributed by atoms with Crippen molar-refractivity contribution in [1.29, 1.82) is 0 Å². The van der Waals surface area contributed by atoms with Gasteiger partial charge < -0.3 is 4.74 Å². The van der Waals surface area contributed by atoms with Crippen LogP contribution in [0.15, 0.2) is 35.5 Å². The number of hydrogen-bond donors (Lipinski definition) is 1. The van der Waals surface area contributed by atoms with E-state index in [0.29, 0.717) is 29.1 Å². The van der Waals surface area contributed by atoms with Crippen LogP contribution in [0, 0.1) is 12.8 Å². The first kappa shape index (κ1) is 17.1. The van der Waals surface area contributed by atoms with Crippen molar-refractivity contribution in [3.05, 3.63) is 46.9 Å². The summed E-state index contributed by atoms with van der Waals surface area (Å²) in [5.74, 6) is 1.15. The molecule has 3 rings (SSSR count). The molecule has 0 amide bonds. The summed E-state index contributed by atoms with van der Waals surface area (Å²) in [6.45, 7) is 2.52. The van der Waals surface area contributed by atoms with Gasteiger partial charge in [-0.2, -0.15) is 0 Å². The number of nitrogens with zero attached hydrogens (tertiary/aromatic N) is 2. The Bertz CT molecular complexity index is 838. The van der Waals surface area contributed by atoms with Crippen molar-refractivity contribution in [2.75, 3.05) is 6.61 Å². The topological polar surface area (TPSA) is 81.2 Å². The van der Waals surface area contributed by atoms with Gasteiger partial charge in [-0.1, -0.05) is 11.6 Å². The SMILES string of the molecule is Cc1cc(S(=O)(=O)NCc2ccnc(OCC3CC3)c2)cnc1Cl. The number of hydrogen-bond acceptors (Lipinski definition) is 5. The number of ether oxygens (including phenoxy) is 1. The molecule has 128 valence electrons. The van der Waals surface area contributed by atoms with Gasteiger partial charge in [0.25, 0.3) is 0 Å². The van der Waals surface area contributed by atoms with Crippen LogP contribution in [0.3, 0.4) is 0 Å². The molecule has 0 radical (unpaired) electrons. The predicted molar refractivity (Wildman–Crippen MR) is 90.5 cm³/mol. The zero-order chi connectivity index (χ0) is 17.2. The molecule has 0 aliphatic heterocycles. The van der Waals surface area contributed by atoms with E-state index < -0.39 is 10.0 Å². The van der Waals surface area contributed by atoms with Crippen LogP contribution in [0.1, 0.15) is 24.0 Å². The number of halogens is 1. The van der Waals surface area contributed by atoms with Crippen molar-refractivity contribution in [3.8, 4) is 5.88 Å². The van der Waals surface area contributed by atoms with Crippen molar-refractivity contribution in [3.63, 3.8) is 0 Å². The Hall–Kier alpha value is -1.70. The van der Waals surface area contributed by atoms with E-state index in [1.54, 1.807) is 25.3 Å². The molecule has 0 aromatic carbocycles. The molecule has 1 fully saturated rings. The van der Waals surface area contributed by atoms with Gasteiger partial charge in [-0.25, -0.2) is 23.1 Å². The van der Waals surface area contributed by atoms with E-state index in [9.17, 15) is 8.42 Å². The van der Waals surface area contributed by atoms with Gasteiger partial charge in [0.1, 0.15) is 10.0 Å². The maximum atomic E-state index is 12.3. The van der Waals surface area contributed by atoms with Crippen molar-refractivity contribution in [1.82, 2.24) is 14.7 Å². The van der Waals surface area contributed by atoms with Gasteiger partial charge in [0.2, 0.25) is 15.9 Å². The molecule has 2 heterocycles. The first-order chi connectivity index (χ1) is 11.4. The van der Waals surface area contributed by atoms with Crippen LogP contribution in [-0.4, -0.2) is 25.0 Å². The fourth-order valence-electron chi connectivity index (χ4n) is 2.07. The highest BCUT2D eigenvalue weighted by Crippen LogP contribution is 2.29. The molecule has 1 saturated carbocycles. The minimum absolute atomic E-state index is 0.0867. The largest absolute Gasteiger partial charge is 0.477 e. The van der Waals surface area contributed by atoms with E-state index in [1.807, 2.05) is 0 Å². The molecule has 8 heteroatoms. The van der Waals surface area contributed by atoms with Crippen LogP contribution in [0.4, 0.5) is 0 Å². The van der Waals surface area contributed by atoms with Gasteiger partial charge in [0.05, 0.1) is 6.61 Å². The number of sulfonamides is 1. The Kier molecular flexibility index (Phi) is 5.03. The quantitative estimate of drug-likeness (QED) is 0.761. The maximum Gasteiger partial charge on any atom is 0.242 e. The summed E-state index contributed by atoms with van der Waals surface area (Å²) < 4.78 is 32.8. The first-order valence-corrected chi connectivity index (χ1v) is 9.50. The standard InChI is InChI=1S/C16H18ClN3O3S/c1-11-6-14(9-19-16(11)17)24(21,22)20-8-13-4-5-18-15(7-13)23-10-12-2-3-12/h4-7,9,12,20H,2-3,8,10H2,1H3. The summed E-state index contributed by atoms with van der Waals surface area (Å²) >= 11 is 5.83. The molecular weight excluding hydrogens is 350 g/mol. The van der Waals surface area contributed by atoms with Gasteiger partial charge >= 0.3 is 0 Å². The van der Waals surface area contributed by atoms with E-state index in [4.69, 9.17) is 16.3 Å². The monoisotopic (exact) mass is 367 g/mol.